The van der Waals surface area contributed by atoms with Gasteiger partial charge in [-0.15, -0.1) is 0 Å². The number of nitrogens with zero attached hydrogens (tertiary/aromatic N) is 1. The number of hydrogen-bond donors (Lipinski definition) is 2. The highest BCUT2D eigenvalue weighted by atomic mass is 16.3. The Morgan fingerprint density at radius 1 is 1.05 bits per heavy atom. The molecule has 1 unspecified atom stereocenters. The molecule has 2 aromatic rings. The molecule has 0 radical (unpaired) electrons. The highest BCUT2D eigenvalue weighted by molar-refractivity contribution is 6.00. The molecular formula is C18H21NO3. The number of rotatable bonds is 6. The molecule has 2 rings (SSSR count). The van der Waals surface area contributed by atoms with Crippen molar-refractivity contribution >= 4 is 11.5 Å². The van der Waals surface area contributed by atoms with E-state index in [9.17, 15) is 15.0 Å². The van der Waals surface area contributed by atoms with Gasteiger partial charge in [0.2, 0.25) is 0 Å². The zero-order valence-corrected chi connectivity index (χ0v) is 12.9. The van der Waals surface area contributed by atoms with Gasteiger partial charge in [0.15, 0.2) is 5.78 Å². The summed E-state index contributed by atoms with van der Waals surface area (Å²) in [4.78, 5) is 14.5. The number of ketones is 1. The largest absolute Gasteiger partial charge is 0.508 e. The molecule has 2 aromatic carbocycles. The second kappa shape index (κ2) is 7.09. The average Bonchev–Trinajstić information content (AvgIpc) is 2.56. The van der Waals surface area contributed by atoms with E-state index in [2.05, 4.69) is 18.7 Å². The second-order valence-corrected chi connectivity index (χ2v) is 5.04. The molecule has 0 saturated heterocycles. The average molecular weight is 299 g/mol. The van der Waals surface area contributed by atoms with E-state index in [0.29, 0.717) is 5.56 Å². The van der Waals surface area contributed by atoms with E-state index in [1.54, 1.807) is 30.3 Å². The van der Waals surface area contributed by atoms with Crippen LogP contribution in [0.3, 0.4) is 0 Å². The molecule has 1 atom stereocenters. The SMILES string of the molecule is CCN(CC)c1ccc(C(=O)C(O)c2ccccc2O)cc1. The van der Waals surface area contributed by atoms with Crippen LogP contribution in [0.2, 0.25) is 0 Å². The van der Waals surface area contributed by atoms with Gasteiger partial charge >= 0.3 is 0 Å². The fourth-order valence-corrected chi connectivity index (χ4v) is 2.44. The van der Waals surface area contributed by atoms with E-state index in [1.807, 2.05) is 12.1 Å². The summed E-state index contributed by atoms with van der Waals surface area (Å²) in [7, 11) is 0. The van der Waals surface area contributed by atoms with Crippen molar-refractivity contribution in [2.75, 3.05) is 18.0 Å². The maximum atomic E-state index is 12.3. The van der Waals surface area contributed by atoms with Gasteiger partial charge in [0.25, 0.3) is 0 Å². The lowest BCUT2D eigenvalue weighted by atomic mass is 9.99. The molecule has 116 valence electrons. The van der Waals surface area contributed by atoms with Crippen LogP contribution in [0, 0.1) is 0 Å². The molecule has 0 aliphatic carbocycles. The van der Waals surface area contributed by atoms with Crippen molar-refractivity contribution in [2.45, 2.75) is 20.0 Å². The van der Waals surface area contributed by atoms with Crippen molar-refractivity contribution in [3.8, 4) is 5.75 Å². The number of benzene rings is 2. The number of aromatic hydroxyl groups is 1. The molecule has 22 heavy (non-hydrogen) atoms. The van der Waals surface area contributed by atoms with Crippen molar-refractivity contribution in [3.05, 3.63) is 59.7 Å². The number of Topliss-reactive ketones (excluding diaryl/α,β-unsaturated/α-hetero) is 1. The maximum Gasteiger partial charge on any atom is 0.195 e. The lowest BCUT2D eigenvalue weighted by Crippen LogP contribution is -2.21. The minimum absolute atomic E-state index is 0.0805. The van der Waals surface area contributed by atoms with Gasteiger partial charge < -0.3 is 15.1 Å². The van der Waals surface area contributed by atoms with Crippen LogP contribution >= 0.6 is 0 Å². The Labute approximate surface area is 130 Å². The van der Waals surface area contributed by atoms with Crippen LogP contribution in [-0.4, -0.2) is 29.1 Å². The number of aliphatic hydroxyl groups is 1. The Kier molecular flexibility index (Phi) is 5.17. The van der Waals surface area contributed by atoms with Crippen LogP contribution in [0.5, 0.6) is 5.75 Å². The van der Waals surface area contributed by atoms with Crippen molar-refractivity contribution in [1.29, 1.82) is 0 Å². The minimum Gasteiger partial charge on any atom is -0.508 e. The summed E-state index contributed by atoms with van der Waals surface area (Å²) in [6.45, 7) is 5.93. The summed E-state index contributed by atoms with van der Waals surface area (Å²) in [5.74, 6) is -0.504. The van der Waals surface area contributed by atoms with Crippen molar-refractivity contribution in [2.24, 2.45) is 0 Å². The van der Waals surface area contributed by atoms with Gasteiger partial charge in [-0.25, -0.2) is 0 Å². The van der Waals surface area contributed by atoms with Crippen LogP contribution < -0.4 is 4.90 Å². The summed E-state index contributed by atoms with van der Waals surface area (Å²) < 4.78 is 0. The Hall–Kier alpha value is -2.33. The van der Waals surface area contributed by atoms with Crippen LogP contribution in [-0.2, 0) is 0 Å². The van der Waals surface area contributed by atoms with E-state index in [0.717, 1.165) is 18.8 Å². The molecule has 0 heterocycles. The van der Waals surface area contributed by atoms with Gasteiger partial charge in [-0.1, -0.05) is 18.2 Å². The summed E-state index contributed by atoms with van der Waals surface area (Å²) in [5.41, 5.74) is 1.69. The third kappa shape index (κ3) is 3.28. The van der Waals surface area contributed by atoms with Gasteiger partial charge in [0, 0.05) is 29.9 Å². The number of aliphatic hydroxyl groups excluding tert-OH is 1. The fourth-order valence-electron chi connectivity index (χ4n) is 2.44. The minimum atomic E-state index is -1.36. The van der Waals surface area contributed by atoms with Crippen molar-refractivity contribution in [1.82, 2.24) is 0 Å². The zero-order valence-electron chi connectivity index (χ0n) is 12.9. The van der Waals surface area contributed by atoms with E-state index >= 15 is 0 Å². The second-order valence-electron chi connectivity index (χ2n) is 5.04. The van der Waals surface area contributed by atoms with E-state index < -0.39 is 11.9 Å². The topological polar surface area (TPSA) is 60.8 Å². The van der Waals surface area contributed by atoms with Gasteiger partial charge in [-0.2, -0.15) is 0 Å². The Morgan fingerprint density at radius 3 is 2.18 bits per heavy atom. The molecular weight excluding hydrogens is 278 g/mol. The summed E-state index contributed by atoms with van der Waals surface area (Å²) in [6, 6.07) is 13.5. The highest BCUT2D eigenvalue weighted by Crippen LogP contribution is 2.27. The highest BCUT2D eigenvalue weighted by Gasteiger charge is 2.21. The molecule has 0 aromatic heterocycles. The van der Waals surface area contributed by atoms with Crippen molar-refractivity contribution in [3.63, 3.8) is 0 Å². The molecule has 4 heteroatoms. The standard InChI is InChI=1S/C18H21NO3/c1-3-19(4-2)14-11-9-13(10-12-14)17(21)18(22)15-7-5-6-8-16(15)20/h5-12,18,20,22H,3-4H2,1-2H3. The molecule has 0 amide bonds. The smallest absolute Gasteiger partial charge is 0.195 e. The van der Waals surface area contributed by atoms with Crippen LogP contribution in [0.25, 0.3) is 0 Å². The Balaban J connectivity index is 2.21. The molecule has 4 nitrogen and oxygen atoms in total. The third-order valence-corrected chi connectivity index (χ3v) is 3.76. The Morgan fingerprint density at radius 2 is 1.64 bits per heavy atom. The first-order valence-corrected chi connectivity index (χ1v) is 7.43. The number of carbonyl (C=O) groups is 1. The summed E-state index contributed by atoms with van der Waals surface area (Å²) >= 11 is 0. The quantitative estimate of drug-likeness (QED) is 0.804. The van der Waals surface area contributed by atoms with Crippen LogP contribution in [0.15, 0.2) is 48.5 Å². The van der Waals surface area contributed by atoms with Crippen molar-refractivity contribution < 1.29 is 15.0 Å². The van der Waals surface area contributed by atoms with Crippen LogP contribution in [0.1, 0.15) is 35.9 Å². The van der Waals surface area contributed by atoms with Gasteiger partial charge in [0.05, 0.1) is 0 Å². The normalized spacial score (nSPS) is 12.0. The first kappa shape index (κ1) is 16.0. The molecule has 2 N–H and O–H groups in total. The Bertz CT molecular complexity index is 633. The number of phenolic OH excluding ortho intramolecular Hbond substituents is 1. The first-order chi connectivity index (χ1) is 10.6. The molecule has 0 saturated carbocycles. The zero-order chi connectivity index (χ0) is 16.1. The van der Waals surface area contributed by atoms with Gasteiger partial charge in [-0.05, 0) is 44.2 Å². The molecule has 0 bridgehead atoms. The van der Waals surface area contributed by atoms with E-state index in [-0.39, 0.29) is 11.3 Å². The molecule has 0 spiro atoms. The number of anilines is 1. The number of hydrogen-bond acceptors (Lipinski definition) is 4. The van der Waals surface area contributed by atoms with Gasteiger partial charge in [-0.3, -0.25) is 4.79 Å². The lowest BCUT2D eigenvalue weighted by Gasteiger charge is -2.21. The lowest BCUT2D eigenvalue weighted by molar-refractivity contribution is 0.0742. The van der Waals surface area contributed by atoms with Crippen LogP contribution in [0.4, 0.5) is 5.69 Å². The van der Waals surface area contributed by atoms with E-state index in [1.165, 1.54) is 6.07 Å². The molecule has 0 fully saturated rings. The maximum absolute atomic E-state index is 12.3. The summed E-state index contributed by atoms with van der Waals surface area (Å²) in [6.07, 6.45) is -1.36. The van der Waals surface area contributed by atoms with E-state index in [4.69, 9.17) is 0 Å². The molecule has 0 aliphatic heterocycles. The number of carbonyl (C=O) groups excluding carboxylic acids is 1. The first-order valence-electron chi connectivity index (χ1n) is 7.43. The predicted molar refractivity (Wildman–Crippen MR) is 87.4 cm³/mol. The predicted octanol–water partition coefficient (Wildman–Crippen LogP) is 3.15. The summed E-state index contributed by atoms with van der Waals surface area (Å²) in [5, 5.41) is 19.9. The monoisotopic (exact) mass is 299 g/mol. The third-order valence-electron chi connectivity index (χ3n) is 3.76. The molecule has 0 aliphatic rings. The fraction of sp³-hybridized carbons (Fsp3) is 0.278. The number of para-hydroxylation sites is 1. The number of phenols is 1. The van der Waals surface area contributed by atoms with Gasteiger partial charge in [0.1, 0.15) is 11.9 Å².